The maximum Gasteiger partial charge on any atom is 0.176 e. The second-order valence-corrected chi connectivity index (χ2v) is 6.91. The van der Waals surface area contributed by atoms with Gasteiger partial charge in [0, 0.05) is 11.4 Å². The fourth-order valence-electron chi connectivity index (χ4n) is 3.19. The van der Waals surface area contributed by atoms with E-state index in [0.717, 1.165) is 29.0 Å². The maximum atomic E-state index is 5.93. The number of benzene rings is 1. The van der Waals surface area contributed by atoms with Crippen molar-refractivity contribution < 1.29 is 9.15 Å². The molecule has 2 aromatic rings. The van der Waals surface area contributed by atoms with Gasteiger partial charge in [-0.05, 0) is 43.2 Å². The monoisotopic (exact) mass is 287 g/mol. The molecular formula is C18H25NO2. The highest BCUT2D eigenvalue weighted by Gasteiger charge is 2.26. The fourth-order valence-corrected chi connectivity index (χ4v) is 3.19. The van der Waals surface area contributed by atoms with E-state index in [1.807, 2.05) is 12.1 Å². The summed E-state index contributed by atoms with van der Waals surface area (Å²) in [6.07, 6.45) is 5.13. The summed E-state index contributed by atoms with van der Waals surface area (Å²) < 4.78 is 11.3. The van der Waals surface area contributed by atoms with E-state index in [0.29, 0.717) is 11.5 Å². The first-order valence-electron chi connectivity index (χ1n) is 7.86. The van der Waals surface area contributed by atoms with Gasteiger partial charge >= 0.3 is 0 Å². The Morgan fingerprint density at radius 2 is 2.05 bits per heavy atom. The Balaban J connectivity index is 1.63. The number of hydrogen-bond acceptors (Lipinski definition) is 3. The third-order valence-corrected chi connectivity index (χ3v) is 4.68. The molecule has 3 nitrogen and oxygen atoms in total. The van der Waals surface area contributed by atoms with E-state index in [-0.39, 0.29) is 0 Å². The second-order valence-electron chi connectivity index (χ2n) is 6.91. The number of nitrogens with one attached hydrogen (secondary N) is 1. The summed E-state index contributed by atoms with van der Waals surface area (Å²) in [7, 11) is 1.68. The first-order chi connectivity index (χ1) is 10.1. The van der Waals surface area contributed by atoms with Crippen LogP contribution in [0.2, 0.25) is 0 Å². The number of ether oxygens (including phenoxy) is 1. The van der Waals surface area contributed by atoms with Gasteiger partial charge in [-0.3, -0.25) is 0 Å². The summed E-state index contributed by atoms with van der Waals surface area (Å²) in [6.45, 7) is 5.53. The standard InChI is InChI=1S/C18H25NO2/c1-18(2)9-7-14(8-10-18)19-12-15-11-13-5-4-6-16(20-3)17(13)21-15/h4-6,11,14,19H,7-10,12H2,1-3H3. The van der Waals surface area contributed by atoms with Crippen LogP contribution < -0.4 is 10.1 Å². The molecule has 1 aliphatic carbocycles. The summed E-state index contributed by atoms with van der Waals surface area (Å²) in [5.74, 6) is 1.79. The predicted molar refractivity (Wildman–Crippen MR) is 85.6 cm³/mol. The Hall–Kier alpha value is -1.48. The van der Waals surface area contributed by atoms with Crippen LogP contribution in [0.3, 0.4) is 0 Å². The van der Waals surface area contributed by atoms with E-state index < -0.39 is 0 Å². The van der Waals surface area contributed by atoms with Crippen molar-refractivity contribution >= 4 is 11.0 Å². The van der Waals surface area contributed by atoms with E-state index in [2.05, 4.69) is 31.3 Å². The van der Waals surface area contributed by atoms with E-state index in [9.17, 15) is 0 Å². The van der Waals surface area contributed by atoms with E-state index in [1.54, 1.807) is 7.11 Å². The third kappa shape index (κ3) is 3.24. The molecule has 0 saturated heterocycles. The van der Waals surface area contributed by atoms with Crippen LogP contribution >= 0.6 is 0 Å². The Morgan fingerprint density at radius 1 is 1.29 bits per heavy atom. The second kappa shape index (κ2) is 5.72. The van der Waals surface area contributed by atoms with Crippen LogP contribution in [0.25, 0.3) is 11.0 Å². The number of para-hydroxylation sites is 1. The lowest BCUT2D eigenvalue weighted by molar-refractivity contribution is 0.204. The molecule has 0 atom stereocenters. The van der Waals surface area contributed by atoms with Gasteiger partial charge in [-0.25, -0.2) is 0 Å². The third-order valence-electron chi connectivity index (χ3n) is 4.68. The normalized spacial score (nSPS) is 19.0. The molecule has 1 fully saturated rings. The molecule has 21 heavy (non-hydrogen) atoms. The molecule has 0 aliphatic heterocycles. The molecule has 1 saturated carbocycles. The van der Waals surface area contributed by atoms with Crippen molar-refractivity contribution in [1.82, 2.24) is 5.32 Å². The quantitative estimate of drug-likeness (QED) is 0.899. The first kappa shape index (κ1) is 14.5. The molecule has 114 valence electrons. The van der Waals surface area contributed by atoms with Gasteiger partial charge in [0.15, 0.2) is 11.3 Å². The number of hydrogen-bond donors (Lipinski definition) is 1. The molecule has 1 N–H and O–H groups in total. The molecule has 3 rings (SSSR count). The van der Waals surface area contributed by atoms with Crippen LogP contribution in [0.4, 0.5) is 0 Å². The highest BCUT2D eigenvalue weighted by Crippen LogP contribution is 2.35. The Labute approximate surface area is 126 Å². The minimum absolute atomic E-state index is 0.519. The molecule has 1 heterocycles. The zero-order valence-corrected chi connectivity index (χ0v) is 13.2. The topological polar surface area (TPSA) is 34.4 Å². The lowest BCUT2D eigenvalue weighted by atomic mass is 9.75. The smallest absolute Gasteiger partial charge is 0.176 e. The fraction of sp³-hybridized carbons (Fsp3) is 0.556. The zero-order valence-electron chi connectivity index (χ0n) is 13.2. The molecule has 0 bridgehead atoms. The highest BCUT2D eigenvalue weighted by atomic mass is 16.5. The molecule has 0 amide bonds. The summed E-state index contributed by atoms with van der Waals surface area (Å²) in [6, 6.07) is 8.72. The molecule has 1 aromatic carbocycles. The molecule has 0 spiro atoms. The van der Waals surface area contributed by atoms with Gasteiger partial charge in [-0.2, -0.15) is 0 Å². The SMILES string of the molecule is COc1cccc2cc(CNC3CCC(C)(C)CC3)oc12. The largest absolute Gasteiger partial charge is 0.493 e. The average molecular weight is 287 g/mol. The molecule has 0 radical (unpaired) electrons. The lowest BCUT2D eigenvalue weighted by Crippen LogP contribution is -2.35. The summed E-state index contributed by atoms with van der Waals surface area (Å²) in [4.78, 5) is 0. The molecule has 3 heteroatoms. The van der Waals surface area contributed by atoms with Crippen molar-refractivity contribution in [2.24, 2.45) is 5.41 Å². The molecule has 0 unspecified atom stereocenters. The van der Waals surface area contributed by atoms with Crippen LogP contribution in [0, 0.1) is 5.41 Å². The number of rotatable bonds is 4. The summed E-state index contributed by atoms with van der Waals surface area (Å²) >= 11 is 0. The Morgan fingerprint density at radius 3 is 2.76 bits per heavy atom. The highest BCUT2D eigenvalue weighted by molar-refractivity contribution is 5.83. The van der Waals surface area contributed by atoms with E-state index in [4.69, 9.17) is 9.15 Å². The van der Waals surface area contributed by atoms with Crippen LogP contribution in [0.1, 0.15) is 45.3 Å². The number of furan rings is 1. The van der Waals surface area contributed by atoms with Crippen LogP contribution in [-0.4, -0.2) is 13.2 Å². The van der Waals surface area contributed by atoms with Gasteiger partial charge in [0.25, 0.3) is 0 Å². The van der Waals surface area contributed by atoms with Gasteiger partial charge in [-0.15, -0.1) is 0 Å². The Kier molecular flexibility index (Phi) is 3.94. The zero-order chi connectivity index (χ0) is 14.9. The number of fused-ring (bicyclic) bond motifs is 1. The van der Waals surface area contributed by atoms with Crippen molar-refractivity contribution in [2.75, 3.05) is 7.11 Å². The van der Waals surface area contributed by atoms with Crippen molar-refractivity contribution in [2.45, 2.75) is 52.1 Å². The van der Waals surface area contributed by atoms with Gasteiger partial charge in [0.05, 0.1) is 13.7 Å². The molecular weight excluding hydrogens is 262 g/mol. The van der Waals surface area contributed by atoms with Crippen molar-refractivity contribution in [3.05, 3.63) is 30.0 Å². The lowest BCUT2D eigenvalue weighted by Gasteiger charge is -2.34. The van der Waals surface area contributed by atoms with Gasteiger partial charge in [0.2, 0.25) is 0 Å². The minimum Gasteiger partial charge on any atom is -0.493 e. The summed E-state index contributed by atoms with van der Waals surface area (Å²) in [5.41, 5.74) is 1.37. The van der Waals surface area contributed by atoms with Crippen molar-refractivity contribution in [3.8, 4) is 5.75 Å². The minimum atomic E-state index is 0.519. The van der Waals surface area contributed by atoms with E-state index >= 15 is 0 Å². The predicted octanol–water partition coefficient (Wildman–Crippen LogP) is 4.50. The van der Waals surface area contributed by atoms with Gasteiger partial charge in [0.1, 0.15) is 5.76 Å². The van der Waals surface area contributed by atoms with Crippen LogP contribution in [0.15, 0.2) is 28.7 Å². The van der Waals surface area contributed by atoms with Gasteiger partial charge < -0.3 is 14.5 Å². The summed E-state index contributed by atoms with van der Waals surface area (Å²) in [5, 5.41) is 4.75. The van der Waals surface area contributed by atoms with Crippen molar-refractivity contribution in [1.29, 1.82) is 0 Å². The van der Waals surface area contributed by atoms with Crippen molar-refractivity contribution in [3.63, 3.8) is 0 Å². The molecule has 1 aliphatic rings. The maximum absolute atomic E-state index is 5.93. The average Bonchev–Trinajstić information content (AvgIpc) is 2.89. The molecule has 1 aromatic heterocycles. The van der Waals surface area contributed by atoms with Crippen LogP contribution in [0.5, 0.6) is 5.75 Å². The van der Waals surface area contributed by atoms with Crippen LogP contribution in [-0.2, 0) is 6.54 Å². The first-order valence-corrected chi connectivity index (χ1v) is 7.86. The number of methoxy groups -OCH3 is 1. The van der Waals surface area contributed by atoms with E-state index in [1.165, 1.54) is 25.7 Å². The van der Waals surface area contributed by atoms with Gasteiger partial charge in [-0.1, -0.05) is 26.0 Å². The Bertz CT molecular complexity index is 605.